The van der Waals surface area contributed by atoms with Gasteiger partial charge in [-0.2, -0.15) is 0 Å². The van der Waals surface area contributed by atoms with Gasteiger partial charge in [0, 0.05) is 12.1 Å². The number of benzene rings is 2. The predicted molar refractivity (Wildman–Crippen MR) is 148 cm³/mol. The highest BCUT2D eigenvalue weighted by atomic mass is 35.5. The van der Waals surface area contributed by atoms with E-state index < -0.39 is 70.8 Å². The van der Waals surface area contributed by atoms with Gasteiger partial charge < -0.3 is 15.1 Å². The van der Waals surface area contributed by atoms with E-state index in [0.717, 1.165) is 16.5 Å². The fourth-order valence-corrected chi connectivity index (χ4v) is 6.17. The van der Waals surface area contributed by atoms with E-state index in [1.54, 1.807) is 0 Å². The van der Waals surface area contributed by atoms with Gasteiger partial charge in [0.15, 0.2) is 0 Å². The third kappa shape index (κ3) is 8.08. The Kier molecular flexibility index (Phi) is 9.89. The number of nitrogens with two attached hydrogens (primary N) is 2. The highest BCUT2D eigenvalue weighted by molar-refractivity contribution is 7.90. The smallest absolute Gasteiger partial charge is 0.326 e. The summed E-state index contributed by atoms with van der Waals surface area (Å²) in [5, 5.41) is 32.0. The van der Waals surface area contributed by atoms with Gasteiger partial charge in [0.25, 0.3) is 0 Å². The number of nitrogens with zero attached hydrogens (tertiary/aromatic N) is 2. The van der Waals surface area contributed by atoms with Crippen LogP contribution in [0.3, 0.4) is 0 Å². The van der Waals surface area contributed by atoms with Crippen LogP contribution in [0.4, 0.5) is 5.69 Å². The topological polar surface area (TPSA) is 240 Å². The summed E-state index contributed by atoms with van der Waals surface area (Å²) < 4.78 is 47.9. The van der Waals surface area contributed by atoms with Gasteiger partial charge in [-0.05, 0) is 37.5 Å². The molecule has 3 rings (SSSR count). The van der Waals surface area contributed by atoms with Crippen LogP contribution < -0.4 is 15.6 Å². The summed E-state index contributed by atoms with van der Waals surface area (Å²) in [5.74, 6) is -3.28. The number of hydrogen-bond donors (Lipinski definition) is 5. The number of nitrogens with one attached hydrogen (secondary N) is 1. The van der Waals surface area contributed by atoms with Gasteiger partial charge in [0.05, 0.1) is 23.3 Å². The molecule has 1 unspecified atom stereocenters. The van der Waals surface area contributed by atoms with Gasteiger partial charge in [-0.1, -0.05) is 41.9 Å². The van der Waals surface area contributed by atoms with Crippen LogP contribution in [0.15, 0.2) is 57.2 Å². The van der Waals surface area contributed by atoms with Crippen LogP contribution >= 0.6 is 11.6 Å². The van der Waals surface area contributed by atoms with Gasteiger partial charge in [0.2, 0.25) is 26.0 Å². The molecule has 2 aromatic rings. The van der Waals surface area contributed by atoms with Crippen molar-refractivity contribution >= 4 is 60.9 Å². The molecule has 1 heterocycles. The van der Waals surface area contributed by atoms with E-state index in [1.165, 1.54) is 6.92 Å². The monoisotopic (exact) mass is 629 g/mol. The first-order valence-electron chi connectivity index (χ1n) is 12.0. The summed E-state index contributed by atoms with van der Waals surface area (Å²) in [6, 6.07) is 7.09. The van der Waals surface area contributed by atoms with Crippen molar-refractivity contribution in [3.8, 4) is 0 Å². The van der Waals surface area contributed by atoms with Crippen molar-refractivity contribution in [2.45, 2.75) is 54.1 Å². The molecule has 0 saturated carbocycles. The zero-order chi connectivity index (χ0) is 30.7. The number of likely N-dealkylation sites (tertiary alicyclic amines) is 1. The third-order valence-corrected chi connectivity index (χ3v) is 8.63. The maximum Gasteiger partial charge on any atom is 0.326 e. The summed E-state index contributed by atoms with van der Waals surface area (Å²) in [7, 11) is -8.97. The number of rotatable bonds is 11. The second-order valence-corrected chi connectivity index (χ2v) is 12.8. The summed E-state index contributed by atoms with van der Waals surface area (Å²) in [6.07, 6.45) is 0.281. The summed E-state index contributed by atoms with van der Waals surface area (Å²) >= 11 is 5.98. The number of aryl methyl sites for hydroxylation is 1. The Morgan fingerprint density at radius 2 is 1.68 bits per heavy atom. The Morgan fingerprint density at radius 3 is 2.22 bits per heavy atom. The number of carbonyl (C=O) groups is 3. The molecule has 1 saturated heterocycles. The van der Waals surface area contributed by atoms with Crippen LogP contribution in [-0.4, -0.2) is 80.2 Å². The van der Waals surface area contributed by atoms with E-state index in [9.17, 15) is 41.4 Å². The Labute approximate surface area is 241 Å². The number of aliphatic imine (C=N–C) groups is 1. The lowest BCUT2D eigenvalue weighted by molar-refractivity contribution is -0.149. The number of amides is 1. The lowest BCUT2D eigenvalue weighted by atomic mass is 10.0. The van der Waals surface area contributed by atoms with E-state index in [2.05, 4.69) is 10.3 Å². The van der Waals surface area contributed by atoms with E-state index in [-0.39, 0.29) is 30.8 Å². The summed E-state index contributed by atoms with van der Waals surface area (Å²) in [6.45, 7) is 1.06. The van der Waals surface area contributed by atoms with Crippen molar-refractivity contribution in [2.24, 2.45) is 15.3 Å². The fourth-order valence-electron chi connectivity index (χ4n) is 4.32. The number of aliphatic carboxylic acids is 2. The Balaban J connectivity index is 1.86. The minimum Gasteiger partial charge on any atom is -0.480 e. The van der Waals surface area contributed by atoms with Crippen molar-refractivity contribution in [3.63, 3.8) is 0 Å². The second kappa shape index (κ2) is 12.6. The molecule has 0 spiro atoms. The van der Waals surface area contributed by atoms with Gasteiger partial charge in [0.1, 0.15) is 21.9 Å². The quantitative estimate of drug-likeness (QED) is 0.230. The van der Waals surface area contributed by atoms with Crippen LogP contribution in [0.2, 0.25) is 5.02 Å². The molecule has 3 atom stereocenters. The van der Waals surface area contributed by atoms with Crippen LogP contribution in [0.5, 0.6) is 0 Å². The largest absolute Gasteiger partial charge is 0.480 e. The van der Waals surface area contributed by atoms with Crippen molar-refractivity contribution < 1.29 is 41.4 Å². The molecule has 41 heavy (non-hydrogen) atoms. The molecular formula is C24H28ClN5O9S2. The maximum absolute atomic E-state index is 13.3. The Bertz CT molecular complexity index is 1600. The molecule has 0 bridgehead atoms. The number of hydrogen-bond acceptors (Lipinski definition) is 9. The number of carbonyl (C=O) groups excluding carboxylic acids is 1. The van der Waals surface area contributed by atoms with Gasteiger partial charge in [-0.3, -0.25) is 19.9 Å². The van der Waals surface area contributed by atoms with Crippen molar-refractivity contribution in [1.29, 1.82) is 0 Å². The normalized spacial score (nSPS) is 18.3. The summed E-state index contributed by atoms with van der Waals surface area (Å²) in [4.78, 5) is 40.8. The highest BCUT2D eigenvalue weighted by Crippen LogP contribution is 2.33. The van der Waals surface area contributed by atoms with Crippen molar-refractivity contribution in [2.75, 3.05) is 6.54 Å². The Hall–Kier alpha value is -3.41. The molecule has 1 fully saturated rings. The molecule has 17 heteroatoms. The number of primary sulfonamides is 2. The third-order valence-electron chi connectivity index (χ3n) is 6.32. The van der Waals surface area contributed by atoms with Gasteiger partial charge >= 0.3 is 11.9 Å². The first-order valence-corrected chi connectivity index (χ1v) is 15.5. The van der Waals surface area contributed by atoms with Crippen LogP contribution in [0.1, 0.15) is 25.3 Å². The molecule has 14 nitrogen and oxygen atoms in total. The standard InChI is InChI=1S/C24H28ClN5O9S2/c1-13(28-17(23(32)33)8-7-14-5-3-2-4-6-14)22(31)30-12-15(9-19(30)24(34)35)29-18-10-16(25)20(40(26,36)37)11-21(18)41(27,38)39/h2-6,10-11,13,17,19,28H,7-9,12H2,1H3,(H,32,33)(H,34,35)(H2,26,36,37)(H2,27,38,39)/b29-15-/t13-,17-,19?/m0/s1. The second-order valence-electron chi connectivity index (χ2n) is 9.35. The van der Waals surface area contributed by atoms with E-state index in [1.807, 2.05) is 30.3 Å². The van der Waals surface area contributed by atoms with Crippen LogP contribution in [-0.2, 0) is 40.9 Å². The minimum absolute atomic E-state index is 0.0566. The number of sulfonamides is 2. The first-order chi connectivity index (χ1) is 19.0. The Morgan fingerprint density at radius 1 is 1.07 bits per heavy atom. The molecule has 7 N–H and O–H groups in total. The molecule has 0 radical (unpaired) electrons. The predicted octanol–water partition coefficient (Wildman–Crippen LogP) is 0.457. The van der Waals surface area contributed by atoms with E-state index in [4.69, 9.17) is 21.9 Å². The molecular weight excluding hydrogens is 602 g/mol. The lowest BCUT2D eigenvalue weighted by Crippen LogP contribution is -2.53. The van der Waals surface area contributed by atoms with Gasteiger partial charge in [-0.15, -0.1) is 0 Å². The van der Waals surface area contributed by atoms with Crippen molar-refractivity contribution in [3.05, 3.63) is 53.1 Å². The molecule has 1 amide bonds. The van der Waals surface area contributed by atoms with E-state index in [0.29, 0.717) is 12.5 Å². The minimum atomic E-state index is -4.54. The maximum atomic E-state index is 13.3. The zero-order valence-electron chi connectivity index (χ0n) is 21.6. The van der Waals surface area contributed by atoms with E-state index >= 15 is 0 Å². The van der Waals surface area contributed by atoms with Crippen LogP contribution in [0, 0.1) is 0 Å². The summed E-state index contributed by atoms with van der Waals surface area (Å²) in [5.41, 5.74) is 0.583. The van der Waals surface area contributed by atoms with Gasteiger partial charge in [-0.25, -0.2) is 31.9 Å². The highest BCUT2D eigenvalue weighted by Gasteiger charge is 2.40. The molecule has 0 aromatic heterocycles. The number of halogens is 1. The lowest BCUT2D eigenvalue weighted by Gasteiger charge is -2.26. The average molecular weight is 630 g/mol. The number of carboxylic acid groups (broad SMARTS) is 2. The number of carboxylic acids is 2. The molecule has 1 aliphatic heterocycles. The zero-order valence-corrected chi connectivity index (χ0v) is 24.0. The SMILES string of the molecule is C[C@H](N[C@@H](CCc1ccccc1)C(=O)O)C(=O)N1C/C(=N\c2cc(Cl)c(S(N)(=O)=O)cc2S(N)(=O)=O)CC1C(=O)O. The molecule has 0 aliphatic carbocycles. The van der Waals surface area contributed by atoms with Crippen molar-refractivity contribution in [1.82, 2.24) is 10.2 Å². The molecule has 2 aromatic carbocycles. The first kappa shape index (κ1) is 32.1. The fraction of sp³-hybridized carbons (Fsp3) is 0.333. The average Bonchev–Trinajstić information content (AvgIpc) is 3.29. The van der Waals surface area contributed by atoms with Crippen LogP contribution in [0.25, 0.3) is 0 Å². The molecule has 222 valence electrons. The molecule has 1 aliphatic rings.